The van der Waals surface area contributed by atoms with Crippen molar-refractivity contribution >= 4 is 16.9 Å². The maximum absolute atomic E-state index is 12.2. The van der Waals surface area contributed by atoms with Crippen molar-refractivity contribution in [1.82, 2.24) is 0 Å². The van der Waals surface area contributed by atoms with E-state index in [1.165, 1.54) is 6.42 Å². The third-order valence-electron chi connectivity index (χ3n) is 4.71. The van der Waals surface area contributed by atoms with Crippen molar-refractivity contribution < 1.29 is 13.9 Å². The lowest BCUT2D eigenvalue weighted by molar-refractivity contribution is 0.0416. The molecule has 1 fully saturated rings. The van der Waals surface area contributed by atoms with E-state index in [9.17, 15) is 9.59 Å². The molecule has 2 aromatic rings. The van der Waals surface area contributed by atoms with Gasteiger partial charge in [-0.25, -0.2) is 9.59 Å². The van der Waals surface area contributed by atoms with Gasteiger partial charge in [0, 0.05) is 5.39 Å². The molecule has 2 bridgehead atoms. The van der Waals surface area contributed by atoms with E-state index in [0.29, 0.717) is 29.9 Å². The molecule has 1 heterocycles. The highest BCUT2D eigenvalue weighted by Gasteiger charge is 2.36. The summed E-state index contributed by atoms with van der Waals surface area (Å²) in [6, 6.07) is 8.67. The molecule has 0 radical (unpaired) electrons. The van der Waals surface area contributed by atoms with Gasteiger partial charge in [0.25, 0.3) is 0 Å². The van der Waals surface area contributed by atoms with Crippen LogP contribution < -0.4 is 5.63 Å². The third-order valence-corrected chi connectivity index (χ3v) is 4.71. The van der Waals surface area contributed by atoms with Crippen molar-refractivity contribution in [2.75, 3.05) is 6.61 Å². The lowest BCUT2D eigenvalue weighted by atomic mass is 9.95. The summed E-state index contributed by atoms with van der Waals surface area (Å²) < 4.78 is 10.5. The summed E-state index contributed by atoms with van der Waals surface area (Å²) in [6.07, 6.45) is 6.71. The Balaban J connectivity index is 1.51. The lowest BCUT2D eigenvalue weighted by Gasteiger charge is -2.17. The molecule has 4 heteroatoms. The SMILES string of the molecule is O=C(OC[C@H]1C[C@H]2C=C[C@H]1C2)c1cc2ccccc2oc1=O. The first-order valence-corrected chi connectivity index (χ1v) is 7.59. The van der Waals surface area contributed by atoms with Crippen molar-refractivity contribution in [1.29, 1.82) is 0 Å². The number of ether oxygens (including phenoxy) is 1. The van der Waals surface area contributed by atoms with Crippen LogP contribution in [0.1, 0.15) is 23.2 Å². The van der Waals surface area contributed by atoms with E-state index >= 15 is 0 Å². The van der Waals surface area contributed by atoms with Gasteiger partial charge in [-0.05, 0) is 42.7 Å². The fourth-order valence-corrected chi connectivity index (χ4v) is 3.55. The van der Waals surface area contributed by atoms with Crippen molar-refractivity contribution in [2.24, 2.45) is 17.8 Å². The van der Waals surface area contributed by atoms with Crippen LogP contribution in [0.3, 0.4) is 0 Å². The van der Waals surface area contributed by atoms with Crippen molar-refractivity contribution in [3.05, 3.63) is 58.5 Å². The maximum Gasteiger partial charge on any atom is 0.351 e. The highest BCUT2D eigenvalue weighted by atomic mass is 16.5. The van der Waals surface area contributed by atoms with E-state index < -0.39 is 11.6 Å². The minimum absolute atomic E-state index is 0.0302. The largest absolute Gasteiger partial charge is 0.462 e. The first kappa shape index (κ1) is 13.3. The van der Waals surface area contributed by atoms with Crippen LogP contribution in [0.5, 0.6) is 0 Å². The molecule has 22 heavy (non-hydrogen) atoms. The van der Waals surface area contributed by atoms with Gasteiger partial charge >= 0.3 is 11.6 Å². The summed E-state index contributed by atoms with van der Waals surface area (Å²) in [6.45, 7) is 0.372. The Bertz CT molecular complexity index is 817. The predicted molar refractivity (Wildman–Crippen MR) is 81.6 cm³/mol. The van der Waals surface area contributed by atoms with Gasteiger partial charge in [-0.2, -0.15) is 0 Å². The van der Waals surface area contributed by atoms with Crippen LogP contribution in [-0.2, 0) is 4.74 Å². The van der Waals surface area contributed by atoms with E-state index in [4.69, 9.17) is 9.15 Å². The molecule has 2 aliphatic carbocycles. The van der Waals surface area contributed by atoms with Crippen molar-refractivity contribution in [2.45, 2.75) is 12.8 Å². The third kappa shape index (κ3) is 2.25. The second-order valence-electron chi connectivity index (χ2n) is 6.12. The number of benzene rings is 1. The summed E-state index contributed by atoms with van der Waals surface area (Å²) in [5, 5.41) is 0.719. The standard InChI is InChI=1S/C18H16O4/c19-17(21-10-14-8-11-5-6-12(14)7-11)15-9-13-3-1-2-4-16(13)22-18(15)20/h1-6,9,11-12,14H,7-8,10H2/t11-,12-,14+/m0/s1. The van der Waals surface area contributed by atoms with Gasteiger partial charge in [0.2, 0.25) is 0 Å². The van der Waals surface area contributed by atoms with Gasteiger partial charge in [-0.1, -0.05) is 30.4 Å². The Morgan fingerprint density at radius 3 is 2.86 bits per heavy atom. The summed E-state index contributed by atoms with van der Waals surface area (Å²) in [5.74, 6) is 0.947. The molecule has 0 N–H and O–H groups in total. The van der Waals surface area contributed by atoms with Gasteiger partial charge in [0.1, 0.15) is 11.1 Å². The van der Waals surface area contributed by atoms with Gasteiger partial charge < -0.3 is 9.15 Å². The first-order valence-electron chi connectivity index (χ1n) is 7.59. The predicted octanol–water partition coefficient (Wildman–Crippen LogP) is 3.16. The number of rotatable bonds is 3. The topological polar surface area (TPSA) is 56.5 Å². The molecule has 112 valence electrons. The second-order valence-corrected chi connectivity index (χ2v) is 6.12. The van der Waals surface area contributed by atoms with E-state index in [-0.39, 0.29) is 5.56 Å². The molecule has 0 aliphatic heterocycles. The molecule has 0 amide bonds. The Kier molecular flexibility index (Phi) is 3.10. The number of para-hydroxylation sites is 1. The van der Waals surface area contributed by atoms with Crippen LogP contribution >= 0.6 is 0 Å². The minimum Gasteiger partial charge on any atom is -0.462 e. The van der Waals surface area contributed by atoms with Gasteiger partial charge in [0.15, 0.2) is 0 Å². The molecule has 2 aliphatic rings. The van der Waals surface area contributed by atoms with Crippen LogP contribution in [-0.4, -0.2) is 12.6 Å². The number of hydrogen-bond acceptors (Lipinski definition) is 4. The smallest absolute Gasteiger partial charge is 0.351 e. The van der Waals surface area contributed by atoms with Crippen LogP contribution in [0.2, 0.25) is 0 Å². The normalized spacial score (nSPS) is 25.7. The second kappa shape index (κ2) is 5.13. The number of fused-ring (bicyclic) bond motifs is 3. The summed E-state index contributed by atoms with van der Waals surface area (Å²) in [7, 11) is 0. The summed E-state index contributed by atoms with van der Waals surface area (Å²) >= 11 is 0. The molecule has 3 atom stereocenters. The van der Waals surface area contributed by atoms with E-state index in [1.807, 2.05) is 6.07 Å². The average molecular weight is 296 g/mol. The van der Waals surface area contributed by atoms with Gasteiger partial charge in [-0.15, -0.1) is 0 Å². The Hall–Kier alpha value is -2.36. The number of carbonyl (C=O) groups excluding carboxylic acids is 1. The van der Waals surface area contributed by atoms with E-state index in [2.05, 4.69) is 12.2 Å². The zero-order valence-electron chi connectivity index (χ0n) is 12.0. The summed E-state index contributed by atoms with van der Waals surface area (Å²) in [5.41, 5.74) is -0.198. The molecular formula is C18H16O4. The van der Waals surface area contributed by atoms with Crippen LogP contribution in [0.25, 0.3) is 11.0 Å². The number of allylic oxidation sites excluding steroid dienone is 2. The lowest BCUT2D eigenvalue weighted by Crippen LogP contribution is -2.21. The van der Waals surface area contributed by atoms with E-state index in [1.54, 1.807) is 24.3 Å². The molecular weight excluding hydrogens is 280 g/mol. The summed E-state index contributed by atoms with van der Waals surface area (Å²) in [4.78, 5) is 24.1. The van der Waals surface area contributed by atoms with Crippen molar-refractivity contribution in [3.63, 3.8) is 0 Å². The number of carbonyl (C=O) groups is 1. The highest BCUT2D eigenvalue weighted by molar-refractivity contribution is 5.92. The molecule has 4 rings (SSSR count). The van der Waals surface area contributed by atoms with Gasteiger partial charge in [0.05, 0.1) is 6.61 Å². The first-order chi connectivity index (χ1) is 10.7. The molecule has 1 saturated carbocycles. The van der Waals surface area contributed by atoms with Crippen LogP contribution in [0, 0.1) is 17.8 Å². The zero-order valence-corrected chi connectivity index (χ0v) is 12.0. The molecule has 0 unspecified atom stereocenters. The van der Waals surface area contributed by atoms with Crippen molar-refractivity contribution in [3.8, 4) is 0 Å². The van der Waals surface area contributed by atoms with Gasteiger partial charge in [-0.3, -0.25) is 0 Å². The molecule has 0 spiro atoms. The fraction of sp³-hybridized carbons (Fsp3) is 0.333. The Morgan fingerprint density at radius 2 is 2.09 bits per heavy atom. The minimum atomic E-state index is -0.642. The zero-order chi connectivity index (χ0) is 15.1. The van der Waals surface area contributed by atoms with Crippen LogP contribution in [0.15, 0.2) is 51.7 Å². The van der Waals surface area contributed by atoms with E-state index in [0.717, 1.165) is 11.8 Å². The monoisotopic (exact) mass is 296 g/mol. The average Bonchev–Trinajstić information content (AvgIpc) is 3.14. The highest BCUT2D eigenvalue weighted by Crippen LogP contribution is 2.43. The Morgan fingerprint density at radius 1 is 1.23 bits per heavy atom. The number of esters is 1. The van der Waals surface area contributed by atoms with Crippen LogP contribution in [0.4, 0.5) is 0 Å². The molecule has 4 nitrogen and oxygen atoms in total. The molecule has 0 saturated heterocycles. The number of hydrogen-bond donors (Lipinski definition) is 0. The quantitative estimate of drug-likeness (QED) is 0.496. The molecule has 1 aromatic carbocycles. The Labute approximate surface area is 127 Å². The molecule has 1 aromatic heterocycles. The maximum atomic E-state index is 12.2. The fourth-order valence-electron chi connectivity index (χ4n) is 3.55.